The summed E-state index contributed by atoms with van der Waals surface area (Å²) in [6.07, 6.45) is -0.839. The lowest BCUT2D eigenvalue weighted by Gasteiger charge is -2.26. The van der Waals surface area contributed by atoms with Gasteiger partial charge in [-0.05, 0) is 26.3 Å². The summed E-state index contributed by atoms with van der Waals surface area (Å²) >= 11 is 0. The van der Waals surface area contributed by atoms with Gasteiger partial charge in [-0.25, -0.2) is 9.59 Å². The van der Waals surface area contributed by atoms with Gasteiger partial charge in [0.2, 0.25) is 0 Å². The summed E-state index contributed by atoms with van der Waals surface area (Å²) in [7, 11) is 0. The molecule has 0 bridgehead atoms. The number of carboxylic acids is 1. The Kier molecular flexibility index (Phi) is 12.1. The SMILES string of the molecule is CC(C)(C)OC(=O)N1C[C@H](OCCOCCOCCOCCN=[N+]=[N-])C[C@H]1C(=O)O. The molecule has 30 heavy (non-hydrogen) atoms. The third-order valence-corrected chi connectivity index (χ3v) is 3.90. The molecule has 0 aromatic heterocycles. The van der Waals surface area contributed by atoms with E-state index >= 15 is 0 Å². The zero-order valence-electron chi connectivity index (χ0n) is 17.8. The van der Waals surface area contributed by atoms with Crippen LogP contribution in [0.25, 0.3) is 10.4 Å². The molecule has 1 rings (SSSR count). The summed E-state index contributed by atoms with van der Waals surface area (Å²) in [5.74, 6) is -1.08. The maximum atomic E-state index is 12.2. The van der Waals surface area contributed by atoms with Crippen molar-refractivity contribution in [1.82, 2.24) is 4.90 Å². The van der Waals surface area contributed by atoms with Crippen LogP contribution < -0.4 is 0 Å². The fraction of sp³-hybridized carbons (Fsp3) is 0.889. The number of carbonyl (C=O) groups excluding carboxylic acids is 1. The lowest BCUT2D eigenvalue weighted by Crippen LogP contribution is -2.43. The van der Waals surface area contributed by atoms with Crippen LogP contribution in [0.4, 0.5) is 4.79 Å². The van der Waals surface area contributed by atoms with Gasteiger partial charge < -0.3 is 28.8 Å². The van der Waals surface area contributed by atoms with E-state index in [1.807, 2.05) is 0 Å². The first-order chi connectivity index (χ1) is 14.2. The average molecular weight is 432 g/mol. The van der Waals surface area contributed by atoms with E-state index in [-0.39, 0.29) is 25.7 Å². The molecule has 2 atom stereocenters. The number of nitrogens with zero attached hydrogens (tertiary/aromatic N) is 4. The molecule has 1 heterocycles. The number of carboxylic acid groups (broad SMARTS) is 1. The van der Waals surface area contributed by atoms with Gasteiger partial charge in [0.15, 0.2) is 0 Å². The Balaban J connectivity index is 2.12. The Morgan fingerprint density at radius 1 is 1.07 bits per heavy atom. The van der Waals surface area contributed by atoms with Crippen molar-refractivity contribution in [2.45, 2.75) is 44.9 Å². The molecule has 0 radical (unpaired) electrons. The van der Waals surface area contributed by atoms with E-state index in [0.29, 0.717) is 46.2 Å². The van der Waals surface area contributed by atoms with Crippen LogP contribution in [-0.4, -0.2) is 99.2 Å². The molecule has 0 saturated carbocycles. The Morgan fingerprint density at radius 2 is 1.63 bits per heavy atom. The summed E-state index contributed by atoms with van der Waals surface area (Å²) in [6, 6.07) is -0.965. The molecule has 0 unspecified atom stereocenters. The topological polar surface area (TPSA) is 153 Å². The number of rotatable bonds is 14. The molecule has 1 fully saturated rings. The van der Waals surface area contributed by atoms with E-state index in [4.69, 9.17) is 29.2 Å². The van der Waals surface area contributed by atoms with Crippen molar-refractivity contribution < 1.29 is 38.4 Å². The molecule has 1 aliphatic rings. The molecule has 172 valence electrons. The summed E-state index contributed by atoms with van der Waals surface area (Å²) < 4.78 is 26.8. The Morgan fingerprint density at radius 3 is 2.17 bits per heavy atom. The number of likely N-dealkylation sites (tertiary alicyclic amines) is 1. The fourth-order valence-corrected chi connectivity index (χ4v) is 2.64. The van der Waals surface area contributed by atoms with Gasteiger partial charge in [0.1, 0.15) is 11.6 Å². The van der Waals surface area contributed by atoms with Gasteiger partial charge in [0.05, 0.1) is 58.9 Å². The quantitative estimate of drug-likeness (QED) is 0.189. The zero-order chi connectivity index (χ0) is 22.4. The molecule has 0 aromatic rings. The van der Waals surface area contributed by atoms with Crippen LogP contribution in [0.15, 0.2) is 5.11 Å². The number of hydrogen-bond acceptors (Lipinski definition) is 8. The van der Waals surface area contributed by atoms with Crippen molar-refractivity contribution >= 4 is 12.1 Å². The second kappa shape index (κ2) is 14.0. The van der Waals surface area contributed by atoms with E-state index < -0.39 is 23.7 Å². The minimum atomic E-state index is -1.08. The number of amides is 1. The molecular weight excluding hydrogens is 400 g/mol. The zero-order valence-corrected chi connectivity index (χ0v) is 17.8. The minimum absolute atomic E-state index is 0.161. The third-order valence-electron chi connectivity index (χ3n) is 3.90. The first-order valence-corrected chi connectivity index (χ1v) is 9.82. The number of azide groups is 1. The highest BCUT2D eigenvalue weighted by Crippen LogP contribution is 2.23. The smallest absolute Gasteiger partial charge is 0.411 e. The van der Waals surface area contributed by atoms with Crippen LogP contribution in [0, 0.1) is 0 Å². The highest BCUT2D eigenvalue weighted by atomic mass is 16.6. The highest BCUT2D eigenvalue weighted by molar-refractivity contribution is 5.81. The number of ether oxygens (including phenoxy) is 5. The molecule has 0 aliphatic carbocycles. The second-order valence-corrected chi connectivity index (χ2v) is 7.51. The van der Waals surface area contributed by atoms with Crippen LogP contribution >= 0.6 is 0 Å². The van der Waals surface area contributed by atoms with Crippen LogP contribution in [-0.2, 0) is 28.5 Å². The number of hydrogen-bond donors (Lipinski definition) is 1. The lowest BCUT2D eigenvalue weighted by atomic mass is 10.2. The van der Waals surface area contributed by atoms with Crippen molar-refractivity contribution in [3.8, 4) is 0 Å². The molecule has 12 heteroatoms. The van der Waals surface area contributed by atoms with Gasteiger partial charge >= 0.3 is 12.1 Å². The number of carbonyl (C=O) groups is 2. The summed E-state index contributed by atoms with van der Waals surface area (Å²) in [5.41, 5.74) is 7.40. The Bertz CT molecular complexity index is 577. The van der Waals surface area contributed by atoms with Gasteiger partial charge in [0.25, 0.3) is 0 Å². The van der Waals surface area contributed by atoms with Gasteiger partial charge in [-0.1, -0.05) is 5.11 Å². The molecule has 1 aliphatic heterocycles. The average Bonchev–Trinajstić information content (AvgIpc) is 3.09. The molecule has 1 saturated heterocycles. The Hall–Kier alpha value is -2.11. The van der Waals surface area contributed by atoms with Crippen LogP contribution in [0.3, 0.4) is 0 Å². The molecule has 1 amide bonds. The van der Waals surface area contributed by atoms with E-state index in [9.17, 15) is 14.7 Å². The van der Waals surface area contributed by atoms with E-state index in [1.165, 1.54) is 4.90 Å². The molecule has 0 aromatic carbocycles. The molecule has 0 spiro atoms. The van der Waals surface area contributed by atoms with Gasteiger partial charge in [-0.15, -0.1) is 0 Å². The summed E-state index contributed by atoms with van der Waals surface area (Å²) in [6.45, 7) is 8.20. The first-order valence-electron chi connectivity index (χ1n) is 9.82. The van der Waals surface area contributed by atoms with Crippen molar-refractivity contribution in [3.63, 3.8) is 0 Å². The highest BCUT2D eigenvalue weighted by Gasteiger charge is 2.42. The maximum Gasteiger partial charge on any atom is 0.411 e. The molecule has 1 N–H and O–H groups in total. The summed E-state index contributed by atoms with van der Waals surface area (Å²) in [4.78, 5) is 27.5. The van der Waals surface area contributed by atoms with Crippen molar-refractivity contribution in [2.75, 3.05) is 59.3 Å². The monoisotopic (exact) mass is 432 g/mol. The predicted molar refractivity (Wildman–Crippen MR) is 105 cm³/mol. The second-order valence-electron chi connectivity index (χ2n) is 7.51. The van der Waals surface area contributed by atoms with Crippen LogP contribution in [0.5, 0.6) is 0 Å². The van der Waals surface area contributed by atoms with Crippen LogP contribution in [0.2, 0.25) is 0 Å². The van der Waals surface area contributed by atoms with Gasteiger partial charge in [-0.2, -0.15) is 0 Å². The minimum Gasteiger partial charge on any atom is -0.480 e. The van der Waals surface area contributed by atoms with Crippen LogP contribution in [0.1, 0.15) is 27.2 Å². The van der Waals surface area contributed by atoms with Gasteiger partial charge in [-0.3, -0.25) is 4.90 Å². The first kappa shape index (κ1) is 25.9. The lowest BCUT2D eigenvalue weighted by molar-refractivity contribution is -0.142. The molecule has 12 nitrogen and oxygen atoms in total. The largest absolute Gasteiger partial charge is 0.480 e. The van der Waals surface area contributed by atoms with Crippen molar-refractivity contribution in [2.24, 2.45) is 5.11 Å². The van der Waals surface area contributed by atoms with E-state index in [1.54, 1.807) is 20.8 Å². The fourth-order valence-electron chi connectivity index (χ4n) is 2.64. The summed E-state index contributed by atoms with van der Waals surface area (Å²) in [5, 5.41) is 12.7. The van der Waals surface area contributed by atoms with Gasteiger partial charge in [0, 0.05) is 17.9 Å². The normalized spacial score (nSPS) is 18.8. The number of aliphatic carboxylic acids is 1. The third kappa shape index (κ3) is 11.2. The standard InChI is InChI=1S/C18H32N4O8/c1-18(2,3)30-17(25)22-13-14(12-15(22)16(23)24)29-11-10-28-9-8-27-7-6-26-5-4-20-21-19/h14-15H,4-13H2,1-3H3,(H,23,24)/t14-,15+/m1/s1. The Labute approximate surface area is 176 Å². The van der Waals surface area contributed by atoms with E-state index in [2.05, 4.69) is 10.0 Å². The van der Waals surface area contributed by atoms with Crippen molar-refractivity contribution in [1.29, 1.82) is 0 Å². The van der Waals surface area contributed by atoms with E-state index in [0.717, 1.165) is 0 Å². The van der Waals surface area contributed by atoms with Crippen molar-refractivity contribution in [3.05, 3.63) is 10.4 Å². The predicted octanol–water partition coefficient (Wildman–Crippen LogP) is 1.83. The maximum absolute atomic E-state index is 12.2. The molecular formula is C18H32N4O8.